The van der Waals surface area contributed by atoms with Gasteiger partial charge in [0.25, 0.3) is 0 Å². The molecule has 0 unspecified atom stereocenters. The van der Waals surface area contributed by atoms with E-state index in [0.717, 1.165) is 5.92 Å². The topological polar surface area (TPSA) is 0 Å². The summed E-state index contributed by atoms with van der Waals surface area (Å²) < 4.78 is 0. The summed E-state index contributed by atoms with van der Waals surface area (Å²) in [7, 11) is -0.338. The molecule has 0 nitrogen and oxygen atoms in total. The largest absolute Gasteiger partial charge is 0.0791 e. The summed E-state index contributed by atoms with van der Waals surface area (Å²) in [6.45, 7) is 9.33. The average Bonchev–Trinajstić information content (AvgIpc) is 2.42. The fraction of sp³-hybridized carbons (Fsp3) is 0.474. The van der Waals surface area contributed by atoms with Crippen molar-refractivity contribution in [2.45, 2.75) is 52.6 Å². The predicted octanol–water partition coefficient (Wildman–Crippen LogP) is 5.17. The first-order valence-electron chi connectivity index (χ1n) is 7.89. The van der Waals surface area contributed by atoms with Crippen LogP contribution in [0.3, 0.4) is 0 Å². The van der Waals surface area contributed by atoms with Gasteiger partial charge in [-0.1, -0.05) is 81.4 Å². The summed E-state index contributed by atoms with van der Waals surface area (Å²) in [5, 5.41) is 4.34. The Bertz CT molecular complexity index is 555. The molecule has 0 aromatic heterocycles. The van der Waals surface area contributed by atoms with Gasteiger partial charge in [-0.15, -0.1) is 0 Å². The lowest BCUT2D eigenvalue weighted by molar-refractivity contribution is 0.538. The van der Waals surface area contributed by atoms with E-state index in [4.69, 9.17) is 0 Å². The lowest BCUT2D eigenvalue weighted by Crippen LogP contribution is -2.21. The molecule has 20 heavy (non-hydrogen) atoms. The van der Waals surface area contributed by atoms with Crippen molar-refractivity contribution in [1.29, 1.82) is 0 Å². The molecule has 2 rings (SSSR count). The van der Waals surface area contributed by atoms with E-state index in [0.29, 0.717) is 0 Å². The predicted molar refractivity (Wildman–Crippen MR) is 93.5 cm³/mol. The van der Waals surface area contributed by atoms with E-state index in [2.05, 4.69) is 63.3 Å². The quantitative estimate of drug-likeness (QED) is 0.507. The highest BCUT2D eigenvalue weighted by Crippen LogP contribution is 2.17. The molecule has 2 aromatic rings. The van der Waals surface area contributed by atoms with Crippen molar-refractivity contribution in [3.05, 3.63) is 42.0 Å². The van der Waals surface area contributed by atoms with Gasteiger partial charge in [0.05, 0.1) is 8.80 Å². The van der Waals surface area contributed by atoms with Crippen molar-refractivity contribution in [1.82, 2.24) is 0 Å². The van der Waals surface area contributed by atoms with Gasteiger partial charge < -0.3 is 0 Å². The zero-order valence-corrected chi connectivity index (χ0v) is 14.4. The summed E-state index contributed by atoms with van der Waals surface area (Å²) in [6, 6.07) is 14.0. The molecule has 0 atom stereocenters. The Morgan fingerprint density at radius 1 is 0.900 bits per heavy atom. The molecule has 1 heteroatoms. The van der Waals surface area contributed by atoms with E-state index in [1.165, 1.54) is 47.2 Å². The number of benzene rings is 2. The molecule has 0 saturated carbocycles. The van der Waals surface area contributed by atoms with Crippen LogP contribution in [0.15, 0.2) is 36.4 Å². The highest BCUT2D eigenvalue weighted by Gasteiger charge is 2.03. The summed E-state index contributed by atoms with van der Waals surface area (Å²) >= 11 is 0. The van der Waals surface area contributed by atoms with Crippen LogP contribution in [0.5, 0.6) is 0 Å². The highest BCUT2D eigenvalue weighted by molar-refractivity contribution is 6.70. The molecule has 0 saturated heterocycles. The van der Waals surface area contributed by atoms with Crippen LogP contribution in [0.4, 0.5) is 0 Å². The minimum absolute atomic E-state index is 0.338. The van der Waals surface area contributed by atoms with Crippen LogP contribution in [0, 0.1) is 5.92 Å². The third-order valence-corrected chi connectivity index (χ3v) is 5.44. The van der Waals surface area contributed by atoms with Crippen molar-refractivity contribution in [2.75, 3.05) is 0 Å². The first-order chi connectivity index (χ1) is 9.56. The van der Waals surface area contributed by atoms with Crippen molar-refractivity contribution in [3.63, 3.8) is 0 Å². The molecule has 0 fully saturated rings. The van der Waals surface area contributed by atoms with Gasteiger partial charge in [0.15, 0.2) is 0 Å². The molecular formula is C19H27Si. The third-order valence-electron chi connectivity index (χ3n) is 3.98. The number of unbranched alkanes of at least 4 members (excludes halogenated alkanes) is 1. The smallest absolute Gasteiger partial charge is 0.0671 e. The van der Waals surface area contributed by atoms with E-state index in [-0.39, 0.29) is 8.80 Å². The van der Waals surface area contributed by atoms with Gasteiger partial charge in [-0.2, -0.15) is 0 Å². The number of rotatable bonds is 6. The van der Waals surface area contributed by atoms with Crippen LogP contribution in [0.2, 0.25) is 13.1 Å². The summed E-state index contributed by atoms with van der Waals surface area (Å²) in [6.07, 6.45) is 5.25. The fourth-order valence-corrected chi connectivity index (χ4v) is 3.50. The Morgan fingerprint density at radius 2 is 1.60 bits per heavy atom. The molecule has 2 aromatic carbocycles. The van der Waals surface area contributed by atoms with Gasteiger partial charge in [-0.05, 0) is 35.1 Å². The van der Waals surface area contributed by atoms with Crippen LogP contribution < -0.4 is 5.19 Å². The van der Waals surface area contributed by atoms with E-state index < -0.39 is 0 Å². The summed E-state index contributed by atoms with van der Waals surface area (Å²) in [5.74, 6) is 0.837. The molecule has 0 spiro atoms. The molecule has 0 bridgehead atoms. The monoisotopic (exact) mass is 283 g/mol. The van der Waals surface area contributed by atoms with Gasteiger partial charge in [0.2, 0.25) is 0 Å². The van der Waals surface area contributed by atoms with E-state index >= 15 is 0 Å². The molecule has 0 aliphatic rings. The second-order valence-corrected chi connectivity index (χ2v) is 9.11. The van der Waals surface area contributed by atoms with Gasteiger partial charge in [-0.3, -0.25) is 0 Å². The maximum atomic E-state index is 2.38. The fourth-order valence-electron chi connectivity index (χ4n) is 2.64. The van der Waals surface area contributed by atoms with Gasteiger partial charge in [0.1, 0.15) is 0 Å². The molecule has 0 amide bonds. The van der Waals surface area contributed by atoms with Crippen molar-refractivity contribution in [2.24, 2.45) is 5.92 Å². The van der Waals surface area contributed by atoms with Crippen molar-refractivity contribution in [3.8, 4) is 0 Å². The van der Waals surface area contributed by atoms with E-state index in [9.17, 15) is 0 Å². The van der Waals surface area contributed by atoms with Gasteiger partial charge in [-0.25, -0.2) is 0 Å². The maximum absolute atomic E-state index is 2.38. The zero-order chi connectivity index (χ0) is 14.5. The normalized spacial score (nSPS) is 11.7. The molecule has 107 valence electrons. The maximum Gasteiger partial charge on any atom is 0.0791 e. The molecule has 0 aliphatic carbocycles. The lowest BCUT2D eigenvalue weighted by atomic mass is 10.0. The minimum Gasteiger partial charge on any atom is -0.0671 e. The standard InChI is InChI=1S/C19H27Si/c1-15(2)7-5-6-8-16-9-10-18-14-19(20(3)4)12-11-17(18)13-16/h9-15H,5-8H2,1-4H3. The zero-order valence-electron chi connectivity index (χ0n) is 13.4. The Labute approximate surface area is 125 Å². The Kier molecular flexibility index (Phi) is 5.42. The van der Waals surface area contributed by atoms with Gasteiger partial charge >= 0.3 is 0 Å². The van der Waals surface area contributed by atoms with E-state index in [1.807, 2.05) is 0 Å². The Morgan fingerprint density at radius 3 is 2.30 bits per heavy atom. The molecule has 0 aliphatic heterocycles. The third kappa shape index (κ3) is 4.21. The first-order valence-corrected chi connectivity index (χ1v) is 10.4. The molecule has 0 N–H and O–H groups in total. The van der Waals surface area contributed by atoms with Crippen molar-refractivity contribution >= 4 is 24.8 Å². The first kappa shape index (κ1) is 15.3. The van der Waals surface area contributed by atoms with Crippen LogP contribution in [0.25, 0.3) is 10.8 Å². The summed E-state index contributed by atoms with van der Waals surface area (Å²) in [4.78, 5) is 0. The van der Waals surface area contributed by atoms with Gasteiger partial charge in [0, 0.05) is 0 Å². The minimum atomic E-state index is -0.338. The van der Waals surface area contributed by atoms with E-state index in [1.54, 1.807) is 0 Å². The Balaban J connectivity index is 2.04. The van der Waals surface area contributed by atoms with Crippen LogP contribution >= 0.6 is 0 Å². The molecule has 0 heterocycles. The molecular weight excluding hydrogens is 256 g/mol. The van der Waals surface area contributed by atoms with Crippen LogP contribution in [0.1, 0.15) is 38.7 Å². The highest BCUT2D eigenvalue weighted by atomic mass is 28.3. The second-order valence-electron chi connectivity index (χ2n) is 6.54. The number of fused-ring (bicyclic) bond motifs is 1. The van der Waals surface area contributed by atoms with Crippen LogP contribution in [-0.4, -0.2) is 8.80 Å². The average molecular weight is 284 g/mol. The summed E-state index contributed by atoms with van der Waals surface area (Å²) in [5.41, 5.74) is 1.49. The SMILES string of the molecule is CC(C)CCCCc1ccc2cc([Si](C)C)ccc2c1. The number of hydrogen-bond donors (Lipinski definition) is 0. The Hall–Kier alpha value is -1.08. The number of aryl methyl sites for hydroxylation is 1. The van der Waals surface area contributed by atoms with Crippen molar-refractivity contribution < 1.29 is 0 Å². The van der Waals surface area contributed by atoms with Crippen LogP contribution in [-0.2, 0) is 6.42 Å². The second kappa shape index (κ2) is 7.08. The molecule has 1 radical (unpaired) electrons. The number of hydrogen-bond acceptors (Lipinski definition) is 0. The lowest BCUT2D eigenvalue weighted by Gasteiger charge is -2.08.